The molecule has 6 rings (SSSR count). The number of aromatic nitrogens is 2. The molecule has 4 heterocycles. The van der Waals surface area contributed by atoms with Gasteiger partial charge in [-0.25, -0.2) is 13.2 Å². The highest BCUT2D eigenvalue weighted by molar-refractivity contribution is 6.34. The van der Waals surface area contributed by atoms with E-state index in [1.165, 1.54) is 12.3 Å². The lowest BCUT2D eigenvalue weighted by molar-refractivity contribution is -0.128. The lowest BCUT2D eigenvalue weighted by Crippen LogP contribution is -2.55. The minimum Gasteiger partial charge on any atom is -0.463 e. The number of carbonyl (C=O) groups is 1. The fourth-order valence-electron chi connectivity index (χ4n) is 6.43. The van der Waals surface area contributed by atoms with Crippen molar-refractivity contribution in [3.63, 3.8) is 0 Å². The summed E-state index contributed by atoms with van der Waals surface area (Å²) in [7, 11) is 0. The second-order valence-corrected chi connectivity index (χ2v) is 11.7. The second kappa shape index (κ2) is 13.1. The first-order chi connectivity index (χ1) is 22.2. The average molecular weight is 654 g/mol. The molecule has 2 aliphatic heterocycles. The van der Waals surface area contributed by atoms with Crippen LogP contribution in [-0.4, -0.2) is 83.5 Å². The SMILES string of the molecule is C=CC(=O)N1CCN(c2nc(OC[C@@H]3CCCN3CC(F)F)nc3cc(-c4cc(N)cc(F)c4Cl)c4ccoc4c23)C[C@@H]1CC#N. The fourth-order valence-corrected chi connectivity index (χ4v) is 6.64. The van der Waals surface area contributed by atoms with E-state index in [9.17, 15) is 23.2 Å². The van der Waals surface area contributed by atoms with Gasteiger partial charge in [0.2, 0.25) is 5.91 Å². The lowest BCUT2D eigenvalue weighted by atomic mass is 9.98. The number of nitrogen functional groups attached to an aromatic ring is 1. The number of rotatable bonds is 9. The summed E-state index contributed by atoms with van der Waals surface area (Å²) in [5.41, 5.74) is 7.83. The molecule has 0 saturated carbocycles. The third-order valence-corrected chi connectivity index (χ3v) is 8.93. The summed E-state index contributed by atoms with van der Waals surface area (Å²) in [6.07, 6.45) is 1.81. The maximum Gasteiger partial charge on any atom is 0.319 e. The molecule has 0 spiro atoms. The van der Waals surface area contributed by atoms with E-state index >= 15 is 0 Å². The zero-order valence-corrected chi connectivity index (χ0v) is 25.5. The minimum absolute atomic E-state index is 0.00883. The highest BCUT2D eigenvalue weighted by atomic mass is 35.5. The molecule has 2 fully saturated rings. The number of halogens is 4. The van der Waals surface area contributed by atoms with Crippen molar-refractivity contribution >= 4 is 50.9 Å². The van der Waals surface area contributed by atoms with Crippen molar-refractivity contribution in [2.45, 2.75) is 37.8 Å². The number of furan rings is 1. The van der Waals surface area contributed by atoms with Crippen LogP contribution in [0.1, 0.15) is 19.3 Å². The van der Waals surface area contributed by atoms with Crippen molar-refractivity contribution in [2.24, 2.45) is 0 Å². The van der Waals surface area contributed by atoms with Crippen LogP contribution < -0.4 is 15.4 Å². The number of nitrogens with two attached hydrogens (primary N) is 1. The van der Waals surface area contributed by atoms with Gasteiger partial charge in [0.05, 0.1) is 47.3 Å². The zero-order chi connectivity index (χ0) is 32.5. The molecule has 0 radical (unpaired) electrons. The molecule has 2 aromatic carbocycles. The fraction of sp³-hybridized carbons (Fsp3) is 0.375. The minimum atomic E-state index is -2.46. The Labute approximate surface area is 267 Å². The van der Waals surface area contributed by atoms with Gasteiger partial charge in [-0.15, -0.1) is 0 Å². The number of ether oxygens (including phenoxy) is 1. The van der Waals surface area contributed by atoms with Crippen molar-refractivity contribution in [3.05, 3.63) is 54.0 Å². The van der Waals surface area contributed by atoms with Gasteiger partial charge in [0.1, 0.15) is 23.8 Å². The summed E-state index contributed by atoms with van der Waals surface area (Å²) in [5, 5.41) is 10.6. The van der Waals surface area contributed by atoms with Crippen LogP contribution in [-0.2, 0) is 4.79 Å². The number of nitrogens with zero attached hydrogens (tertiary/aromatic N) is 6. The third kappa shape index (κ3) is 6.02. The zero-order valence-electron chi connectivity index (χ0n) is 24.8. The highest BCUT2D eigenvalue weighted by Crippen LogP contribution is 2.43. The Balaban J connectivity index is 1.47. The largest absolute Gasteiger partial charge is 0.463 e. The molecule has 14 heteroatoms. The van der Waals surface area contributed by atoms with Crippen molar-refractivity contribution in [1.29, 1.82) is 5.26 Å². The molecule has 4 aromatic rings. The number of fused-ring (bicyclic) bond motifs is 3. The summed E-state index contributed by atoms with van der Waals surface area (Å²) < 4.78 is 53.2. The van der Waals surface area contributed by atoms with E-state index in [0.29, 0.717) is 64.9 Å². The predicted octanol–water partition coefficient (Wildman–Crippen LogP) is 5.64. The topological polar surface area (TPSA) is 125 Å². The van der Waals surface area contributed by atoms with Gasteiger partial charge in [-0.1, -0.05) is 18.2 Å². The Morgan fingerprint density at radius 1 is 1.24 bits per heavy atom. The van der Waals surface area contributed by atoms with E-state index in [2.05, 4.69) is 12.6 Å². The standard InChI is InChI=1S/C32H31ClF3N7O3/c1-2-27(44)43-10-9-42(15-19(43)5-7-37)31-28-25(39-32(40-31)46-17-20-4-3-8-41(20)16-26(35)36)14-22(21-6-11-45-30(21)28)23-12-18(38)13-24(34)29(23)33/h2,6,11-14,19-20,26H,1,3-5,8-10,15-17,38H2/t19-,20-/m0/s1. The first kappa shape index (κ1) is 31.4. The van der Waals surface area contributed by atoms with Gasteiger partial charge >= 0.3 is 6.01 Å². The monoisotopic (exact) mass is 653 g/mol. The van der Waals surface area contributed by atoms with Crippen LogP contribution in [0.5, 0.6) is 6.01 Å². The van der Waals surface area contributed by atoms with E-state index in [1.807, 2.05) is 4.90 Å². The highest BCUT2D eigenvalue weighted by Gasteiger charge is 2.33. The van der Waals surface area contributed by atoms with E-state index in [0.717, 1.165) is 12.5 Å². The van der Waals surface area contributed by atoms with Crippen LogP contribution >= 0.6 is 11.6 Å². The van der Waals surface area contributed by atoms with Crippen LogP contribution in [0.25, 0.3) is 33.0 Å². The molecule has 2 N–H and O–H groups in total. The molecule has 2 saturated heterocycles. The molecule has 10 nitrogen and oxygen atoms in total. The van der Waals surface area contributed by atoms with Crippen molar-refractivity contribution in [1.82, 2.24) is 19.8 Å². The Hall–Kier alpha value is -4.54. The van der Waals surface area contributed by atoms with Gasteiger partial charge in [-0.05, 0) is 55.3 Å². The number of amides is 1. The van der Waals surface area contributed by atoms with Gasteiger partial charge in [0.15, 0.2) is 0 Å². The van der Waals surface area contributed by atoms with Crippen LogP contribution in [0.15, 0.2) is 47.6 Å². The second-order valence-electron chi connectivity index (χ2n) is 11.4. The Kier molecular flexibility index (Phi) is 8.93. The van der Waals surface area contributed by atoms with Gasteiger partial charge in [-0.2, -0.15) is 15.2 Å². The summed E-state index contributed by atoms with van der Waals surface area (Å²) in [5.74, 6) is -0.507. The maximum atomic E-state index is 14.7. The number of nitriles is 1. The third-order valence-electron chi connectivity index (χ3n) is 8.54. The van der Waals surface area contributed by atoms with Crippen molar-refractivity contribution < 1.29 is 27.1 Å². The van der Waals surface area contributed by atoms with Gasteiger partial charge < -0.3 is 24.7 Å². The Bertz CT molecular complexity index is 1850. The van der Waals surface area contributed by atoms with Crippen LogP contribution in [0, 0.1) is 17.1 Å². The number of hydrogen-bond acceptors (Lipinski definition) is 9. The van der Waals surface area contributed by atoms with E-state index < -0.39 is 18.3 Å². The summed E-state index contributed by atoms with van der Waals surface area (Å²) >= 11 is 6.42. The predicted molar refractivity (Wildman–Crippen MR) is 168 cm³/mol. The number of anilines is 2. The van der Waals surface area contributed by atoms with Gasteiger partial charge in [0, 0.05) is 42.3 Å². The number of likely N-dealkylation sites (tertiary alicyclic amines) is 1. The van der Waals surface area contributed by atoms with Crippen molar-refractivity contribution in [3.8, 4) is 23.2 Å². The first-order valence-corrected chi connectivity index (χ1v) is 15.2. The number of carbonyl (C=O) groups excluding carboxylic acids is 1. The Morgan fingerprint density at radius 3 is 2.83 bits per heavy atom. The smallest absolute Gasteiger partial charge is 0.319 e. The van der Waals surface area contributed by atoms with E-state index in [-0.39, 0.29) is 54.8 Å². The molecular weight excluding hydrogens is 623 g/mol. The molecule has 46 heavy (non-hydrogen) atoms. The number of alkyl halides is 2. The average Bonchev–Trinajstić information content (AvgIpc) is 3.70. The molecule has 0 aliphatic carbocycles. The molecule has 1 amide bonds. The van der Waals surface area contributed by atoms with Crippen LogP contribution in [0.4, 0.5) is 24.7 Å². The maximum absolute atomic E-state index is 14.7. The normalized spacial score (nSPS) is 18.9. The van der Waals surface area contributed by atoms with E-state index in [1.54, 1.807) is 28.0 Å². The van der Waals surface area contributed by atoms with Crippen LogP contribution in [0.2, 0.25) is 5.02 Å². The summed E-state index contributed by atoms with van der Waals surface area (Å²) in [6.45, 7) is 4.84. The summed E-state index contributed by atoms with van der Waals surface area (Å²) in [4.78, 5) is 27.3. The molecule has 2 atom stereocenters. The first-order valence-electron chi connectivity index (χ1n) is 14.8. The molecule has 2 aromatic heterocycles. The van der Waals surface area contributed by atoms with Gasteiger partial charge in [0.25, 0.3) is 6.43 Å². The number of piperazine rings is 1. The van der Waals surface area contributed by atoms with Gasteiger partial charge in [-0.3, -0.25) is 9.69 Å². The number of benzene rings is 2. The lowest BCUT2D eigenvalue weighted by Gasteiger charge is -2.41. The molecular formula is C32H31ClF3N7O3. The van der Waals surface area contributed by atoms with E-state index in [4.69, 9.17) is 36.5 Å². The molecule has 0 bridgehead atoms. The summed E-state index contributed by atoms with van der Waals surface area (Å²) in [6, 6.07) is 7.66. The molecule has 0 unspecified atom stereocenters. The van der Waals surface area contributed by atoms with Crippen LogP contribution in [0.3, 0.4) is 0 Å². The quantitative estimate of drug-likeness (QED) is 0.180. The molecule has 2 aliphatic rings. The van der Waals surface area contributed by atoms with Crippen molar-refractivity contribution in [2.75, 3.05) is 50.0 Å². The number of hydrogen-bond donors (Lipinski definition) is 1. The Morgan fingerprint density at radius 2 is 2.07 bits per heavy atom. The molecule has 240 valence electrons.